The molecule has 5 nitrogen and oxygen atoms in total. The highest BCUT2D eigenvalue weighted by Crippen LogP contribution is 2.11. The lowest BCUT2D eigenvalue weighted by Crippen LogP contribution is -2.43. The molecule has 3 N–H and O–H groups in total. The summed E-state index contributed by atoms with van der Waals surface area (Å²) in [5.41, 5.74) is 6.71. The molecule has 96 valence electrons. The lowest BCUT2D eigenvalue weighted by molar-refractivity contribution is -0.131. The molecule has 0 aromatic heterocycles. The van der Waals surface area contributed by atoms with E-state index in [0.29, 0.717) is 19.4 Å². The van der Waals surface area contributed by atoms with Gasteiger partial charge >= 0.3 is 0 Å². The fourth-order valence-electron chi connectivity index (χ4n) is 1.58. The van der Waals surface area contributed by atoms with E-state index < -0.39 is 6.04 Å². The molecule has 18 heavy (non-hydrogen) atoms. The highest BCUT2D eigenvalue weighted by molar-refractivity contribution is 5.81. The molecule has 0 aliphatic carbocycles. The van der Waals surface area contributed by atoms with Crippen LogP contribution in [-0.4, -0.2) is 35.5 Å². The minimum absolute atomic E-state index is 0.182. The number of nitrogens with two attached hydrogens (primary N) is 1. The van der Waals surface area contributed by atoms with Crippen LogP contribution in [0.5, 0.6) is 5.75 Å². The summed E-state index contributed by atoms with van der Waals surface area (Å²) in [5.74, 6) is 0.00288. The summed E-state index contributed by atoms with van der Waals surface area (Å²) in [5, 5.41) is 17.6. The number of aromatic hydroxyl groups is 1. The lowest BCUT2D eigenvalue weighted by atomic mass is 10.1. The van der Waals surface area contributed by atoms with Crippen molar-refractivity contribution >= 4 is 5.91 Å². The molecule has 0 spiro atoms. The van der Waals surface area contributed by atoms with Gasteiger partial charge in [0.1, 0.15) is 5.75 Å². The maximum atomic E-state index is 11.9. The summed E-state index contributed by atoms with van der Waals surface area (Å²) < 4.78 is 0. The van der Waals surface area contributed by atoms with Gasteiger partial charge in [0.15, 0.2) is 0 Å². The van der Waals surface area contributed by atoms with Crippen molar-refractivity contribution in [3.8, 4) is 11.8 Å². The number of benzene rings is 1. The van der Waals surface area contributed by atoms with Crippen molar-refractivity contribution in [3.63, 3.8) is 0 Å². The molecule has 1 aromatic rings. The zero-order chi connectivity index (χ0) is 13.5. The third kappa shape index (κ3) is 4.07. The Balaban J connectivity index is 2.54. The number of phenols is 1. The number of hydrogen-bond acceptors (Lipinski definition) is 4. The van der Waals surface area contributed by atoms with Crippen molar-refractivity contribution in [2.45, 2.75) is 18.9 Å². The van der Waals surface area contributed by atoms with Gasteiger partial charge in [-0.15, -0.1) is 0 Å². The summed E-state index contributed by atoms with van der Waals surface area (Å²) >= 11 is 0. The molecular weight excluding hydrogens is 230 g/mol. The number of phenolic OH excluding ortho intramolecular Hbond substituents is 1. The maximum Gasteiger partial charge on any atom is 0.239 e. The number of nitriles is 1. The molecule has 1 atom stereocenters. The molecule has 0 saturated heterocycles. The second-order valence-corrected chi connectivity index (χ2v) is 4.14. The average molecular weight is 247 g/mol. The number of nitrogens with zero attached hydrogens (tertiary/aromatic N) is 2. The van der Waals surface area contributed by atoms with Crippen LogP contribution in [0.4, 0.5) is 0 Å². The van der Waals surface area contributed by atoms with Crippen LogP contribution in [0.1, 0.15) is 12.0 Å². The third-order valence-corrected chi connectivity index (χ3v) is 2.64. The van der Waals surface area contributed by atoms with Crippen LogP contribution in [0, 0.1) is 11.3 Å². The average Bonchev–Trinajstić information content (AvgIpc) is 2.37. The molecule has 1 unspecified atom stereocenters. The molecular formula is C13H17N3O2. The first-order valence-corrected chi connectivity index (χ1v) is 5.70. The fraction of sp³-hybridized carbons (Fsp3) is 0.385. The zero-order valence-corrected chi connectivity index (χ0v) is 10.3. The number of amides is 1. The molecule has 0 aliphatic heterocycles. The fourth-order valence-corrected chi connectivity index (χ4v) is 1.58. The Morgan fingerprint density at radius 3 is 2.67 bits per heavy atom. The first kappa shape index (κ1) is 14.0. The Morgan fingerprint density at radius 2 is 2.11 bits per heavy atom. The summed E-state index contributed by atoms with van der Waals surface area (Å²) in [4.78, 5) is 13.3. The Morgan fingerprint density at radius 1 is 1.50 bits per heavy atom. The topological polar surface area (TPSA) is 90.4 Å². The number of hydrogen-bond donors (Lipinski definition) is 2. The van der Waals surface area contributed by atoms with Gasteiger partial charge in [-0.3, -0.25) is 4.79 Å². The van der Waals surface area contributed by atoms with E-state index in [9.17, 15) is 4.79 Å². The van der Waals surface area contributed by atoms with E-state index in [1.54, 1.807) is 31.3 Å². The zero-order valence-electron chi connectivity index (χ0n) is 10.3. The highest BCUT2D eigenvalue weighted by Gasteiger charge is 2.17. The number of carbonyl (C=O) groups is 1. The molecule has 1 rings (SSSR count). The van der Waals surface area contributed by atoms with E-state index in [4.69, 9.17) is 16.1 Å². The van der Waals surface area contributed by atoms with Crippen LogP contribution < -0.4 is 5.73 Å². The van der Waals surface area contributed by atoms with Gasteiger partial charge in [0.2, 0.25) is 5.91 Å². The first-order valence-electron chi connectivity index (χ1n) is 5.70. The molecule has 1 amide bonds. The molecule has 0 fully saturated rings. The first-order chi connectivity index (χ1) is 8.54. The Kier molecular flexibility index (Phi) is 5.15. The van der Waals surface area contributed by atoms with Crippen LogP contribution in [-0.2, 0) is 11.2 Å². The van der Waals surface area contributed by atoms with E-state index in [1.807, 2.05) is 6.07 Å². The van der Waals surface area contributed by atoms with Crippen molar-refractivity contribution in [2.75, 3.05) is 13.6 Å². The SMILES string of the molecule is CN(CCC#N)C(=O)C(N)Cc1ccc(O)cc1. The van der Waals surface area contributed by atoms with Crippen molar-refractivity contribution < 1.29 is 9.90 Å². The molecule has 0 bridgehead atoms. The Hall–Kier alpha value is -2.06. The van der Waals surface area contributed by atoms with Crippen molar-refractivity contribution in [1.82, 2.24) is 4.90 Å². The normalized spacial score (nSPS) is 11.6. The van der Waals surface area contributed by atoms with E-state index in [1.165, 1.54) is 4.90 Å². The second kappa shape index (κ2) is 6.62. The van der Waals surface area contributed by atoms with Gasteiger partial charge in [0, 0.05) is 13.6 Å². The summed E-state index contributed by atoms with van der Waals surface area (Å²) in [6, 6.07) is 7.95. The molecule has 0 heterocycles. The van der Waals surface area contributed by atoms with Crippen LogP contribution >= 0.6 is 0 Å². The third-order valence-electron chi connectivity index (χ3n) is 2.64. The minimum Gasteiger partial charge on any atom is -0.508 e. The van der Waals surface area contributed by atoms with E-state index in [-0.39, 0.29) is 11.7 Å². The van der Waals surface area contributed by atoms with Crippen molar-refractivity contribution in [2.24, 2.45) is 5.73 Å². The maximum absolute atomic E-state index is 11.9. The summed E-state index contributed by atoms with van der Waals surface area (Å²) in [7, 11) is 1.64. The Labute approximate surface area is 106 Å². The van der Waals surface area contributed by atoms with E-state index >= 15 is 0 Å². The molecule has 1 aromatic carbocycles. The Bertz CT molecular complexity index is 437. The predicted molar refractivity (Wildman–Crippen MR) is 67.7 cm³/mol. The van der Waals surface area contributed by atoms with Crippen LogP contribution in [0.2, 0.25) is 0 Å². The standard InChI is InChI=1S/C13H17N3O2/c1-16(8-2-7-14)13(18)12(15)9-10-3-5-11(17)6-4-10/h3-6,12,17H,2,8-9,15H2,1H3. The van der Waals surface area contributed by atoms with Crippen LogP contribution in [0.15, 0.2) is 24.3 Å². The van der Waals surface area contributed by atoms with Gasteiger partial charge in [-0.05, 0) is 24.1 Å². The molecule has 0 saturated carbocycles. The summed E-state index contributed by atoms with van der Waals surface area (Å²) in [6.45, 7) is 0.388. The van der Waals surface area contributed by atoms with Gasteiger partial charge in [0.05, 0.1) is 18.5 Å². The van der Waals surface area contributed by atoms with Crippen molar-refractivity contribution in [3.05, 3.63) is 29.8 Å². The number of carbonyl (C=O) groups excluding carboxylic acids is 1. The highest BCUT2D eigenvalue weighted by atomic mass is 16.3. The minimum atomic E-state index is -0.627. The van der Waals surface area contributed by atoms with Gasteiger partial charge in [0.25, 0.3) is 0 Å². The predicted octanol–water partition coefficient (Wildman–Crippen LogP) is 0.634. The summed E-state index contributed by atoms with van der Waals surface area (Å²) in [6.07, 6.45) is 0.712. The van der Waals surface area contributed by atoms with Gasteiger partial charge in [-0.25, -0.2) is 0 Å². The largest absolute Gasteiger partial charge is 0.508 e. The molecule has 0 radical (unpaired) electrons. The van der Waals surface area contributed by atoms with Gasteiger partial charge in [-0.1, -0.05) is 12.1 Å². The quantitative estimate of drug-likeness (QED) is 0.798. The number of rotatable bonds is 5. The van der Waals surface area contributed by atoms with E-state index in [0.717, 1.165) is 5.56 Å². The van der Waals surface area contributed by atoms with Gasteiger partial charge in [-0.2, -0.15) is 5.26 Å². The second-order valence-electron chi connectivity index (χ2n) is 4.14. The van der Waals surface area contributed by atoms with Crippen molar-refractivity contribution in [1.29, 1.82) is 5.26 Å². The smallest absolute Gasteiger partial charge is 0.239 e. The lowest BCUT2D eigenvalue weighted by Gasteiger charge is -2.20. The molecule has 0 aliphatic rings. The molecule has 5 heteroatoms. The van der Waals surface area contributed by atoms with Gasteiger partial charge < -0.3 is 15.7 Å². The monoisotopic (exact) mass is 247 g/mol. The van der Waals surface area contributed by atoms with Crippen LogP contribution in [0.3, 0.4) is 0 Å². The van der Waals surface area contributed by atoms with E-state index in [2.05, 4.69) is 0 Å². The van der Waals surface area contributed by atoms with Crippen LogP contribution in [0.25, 0.3) is 0 Å². The number of likely N-dealkylation sites (N-methyl/N-ethyl adjacent to an activating group) is 1.